The molecule has 1 aromatic rings. The molecule has 0 spiro atoms. The molecule has 0 saturated heterocycles. The van der Waals surface area contributed by atoms with E-state index >= 15 is 0 Å². The summed E-state index contributed by atoms with van der Waals surface area (Å²) in [5, 5.41) is 0. The quantitative estimate of drug-likeness (QED) is 0.775. The molecule has 0 heterocycles. The summed E-state index contributed by atoms with van der Waals surface area (Å²) in [6, 6.07) is 1.99. The van der Waals surface area contributed by atoms with Crippen molar-refractivity contribution in [3.63, 3.8) is 0 Å². The number of aryl methyl sites for hydroxylation is 1. The maximum atomic E-state index is 12.3. The van der Waals surface area contributed by atoms with Crippen LogP contribution >= 0.6 is 15.9 Å². The van der Waals surface area contributed by atoms with Crippen LogP contribution in [0.5, 0.6) is 5.75 Å². The molecular weight excluding hydrogens is 280 g/mol. The van der Waals surface area contributed by atoms with Crippen molar-refractivity contribution in [1.29, 1.82) is 0 Å². The number of rotatable bonds is 4. The Bertz CT molecular complexity index is 436. The number of ether oxygens (including phenoxy) is 1. The molecule has 0 aliphatic heterocycles. The fourth-order valence-corrected chi connectivity index (χ4v) is 2.46. The molecule has 2 nitrogen and oxygen atoms in total. The minimum Gasteiger partial charge on any atom is -0.496 e. The average Bonchev–Trinajstić information content (AvgIpc) is 2.21. The van der Waals surface area contributed by atoms with Gasteiger partial charge in [0, 0.05) is 10.9 Å². The van der Waals surface area contributed by atoms with Crippen LogP contribution in [0.15, 0.2) is 10.5 Å². The van der Waals surface area contributed by atoms with E-state index in [2.05, 4.69) is 15.9 Å². The summed E-state index contributed by atoms with van der Waals surface area (Å²) in [5.41, 5.74) is 2.66. The first-order valence-electron chi connectivity index (χ1n) is 5.75. The molecule has 0 aromatic heterocycles. The highest BCUT2D eigenvalue weighted by Crippen LogP contribution is 2.33. The van der Waals surface area contributed by atoms with Gasteiger partial charge < -0.3 is 4.74 Å². The molecule has 0 aliphatic rings. The second-order valence-corrected chi connectivity index (χ2v) is 5.58. The normalized spacial score (nSPS) is 10.8. The van der Waals surface area contributed by atoms with Crippen molar-refractivity contribution in [2.75, 3.05) is 7.11 Å². The highest BCUT2D eigenvalue weighted by atomic mass is 79.9. The maximum absolute atomic E-state index is 12.3. The molecule has 0 aliphatic carbocycles. The lowest BCUT2D eigenvalue weighted by molar-refractivity contribution is 0.0964. The van der Waals surface area contributed by atoms with Crippen LogP contribution in [0.4, 0.5) is 0 Å². The lowest BCUT2D eigenvalue weighted by atomic mass is 9.95. The van der Waals surface area contributed by atoms with Crippen LogP contribution in [0, 0.1) is 19.8 Å². The van der Waals surface area contributed by atoms with Gasteiger partial charge in [-0.05, 0) is 37.0 Å². The van der Waals surface area contributed by atoms with Gasteiger partial charge in [-0.2, -0.15) is 0 Å². The number of hydrogen-bond donors (Lipinski definition) is 0. The minimum absolute atomic E-state index is 0.152. The first-order chi connectivity index (χ1) is 7.88. The molecule has 0 bridgehead atoms. The van der Waals surface area contributed by atoms with Gasteiger partial charge in [0.25, 0.3) is 0 Å². The standard InChI is InChI=1S/C14H19BrO2/c1-8(2)6-12(16)13-10(4)11(15)7-9(3)14(13)17-5/h7-8H,6H2,1-5H3. The van der Waals surface area contributed by atoms with E-state index in [4.69, 9.17) is 4.74 Å². The van der Waals surface area contributed by atoms with Crippen molar-refractivity contribution < 1.29 is 9.53 Å². The highest BCUT2D eigenvalue weighted by molar-refractivity contribution is 9.10. The highest BCUT2D eigenvalue weighted by Gasteiger charge is 2.20. The number of halogens is 1. The number of hydrogen-bond acceptors (Lipinski definition) is 2. The van der Waals surface area contributed by atoms with E-state index in [0.717, 1.165) is 15.6 Å². The van der Waals surface area contributed by atoms with Gasteiger partial charge in [0.15, 0.2) is 5.78 Å². The summed E-state index contributed by atoms with van der Waals surface area (Å²) in [4.78, 5) is 12.3. The van der Waals surface area contributed by atoms with Gasteiger partial charge in [0.1, 0.15) is 5.75 Å². The molecule has 0 fully saturated rings. The Balaban J connectivity index is 3.34. The van der Waals surface area contributed by atoms with Gasteiger partial charge in [-0.1, -0.05) is 29.8 Å². The largest absolute Gasteiger partial charge is 0.496 e. The van der Waals surface area contributed by atoms with Crippen LogP contribution in [0.1, 0.15) is 41.8 Å². The average molecular weight is 299 g/mol. The van der Waals surface area contributed by atoms with Crippen molar-refractivity contribution in [2.24, 2.45) is 5.92 Å². The third-order valence-corrected chi connectivity index (χ3v) is 3.56. The Morgan fingerprint density at radius 3 is 2.47 bits per heavy atom. The molecular formula is C14H19BrO2. The Morgan fingerprint density at radius 2 is 2.00 bits per heavy atom. The monoisotopic (exact) mass is 298 g/mol. The van der Waals surface area contributed by atoms with E-state index in [1.807, 2.05) is 33.8 Å². The van der Waals surface area contributed by atoms with Crippen LogP contribution in [-0.2, 0) is 0 Å². The van der Waals surface area contributed by atoms with Gasteiger partial charge in [0.2, 0.25) is 0 Å². The SMILES string of the molecule is COc1c(C)cc(Br)c(C)c1C(=O)CC(C)C. The second-order valence-electron chi connectivity index (χ2n) is 4.73. The minimum atomic E-state index is 0.152. The third kappa shape index (κ3) is 3.09. The van der Waals surface area contributed by atoms with Crippen molar-refractivity contribution in [1.82, 2.24) is 0 Å². The van der Waals surface area contributed by atoms with E-state index in [-0.39, 0.29) is 5.78 Å². The van der Waals surface area contributed by atoms with Gasteiger partial charge in [-0.3, -0.25) is 4.79 Å². The van der Waals surface area contributed by atoms with Gasteiger partial charge in [-0.25, -0.2) is 0 Å². The van der Waals surface area contributed by atoms with Crippen molar-refractivity contribution in [2.45, 2.75) is 34.1 Å². The van der Waals surface area contributed by atoms with E-state index in [0.29, 0.717) is 23.7 Å². The number of Topliss-reactive ketones (excluding diaryl/α,β-unsaturated/α-hetero) is 1. The maximum Gasteiger partial charge on any atom is 0.167 e. The Morgan fingerprint density at radius 1 is 1.41 bits per heavy atom. The van der Waals surface area contributed by atoms with Crippen LogP contribution in [0.3, 0.4) is 0 Å². The number of carbonyl (C=O) groups is 1. The van der Waals surface area contributed by atoms with Crippen LogP contribution < -0.4 is 4.74 Å². The zero-order valence-corrected chi connectivity index (χ0v) is 12.6. The van der Waals surface area contributed by atoms with Crippen LogP contribution in [0.25, 0.3) is 0 Å². The second kappa shape index (κ2) is 5.67. The zero-order valence-electron chi connectivity index (χ0n) is 11.1. The summed E-state index contributed by atoms with van der Waals surface area (Å²) in [6.45, 7) is 7.99. The summed E-state index contributed by atoms with van der Waals surface area (Å²) in [5.74, 6) is 1.21. The predicted octanol–water partition coefficient (Wildman–Crippen LogP) is 4.30. The van der Waals surface area contributed by atoms with Crippen LogP contribution in [0.2, 0.25) is 0 Å². The fourth-order valence-electron chi connectivity index (χ4n) is 1.92. The zero-order chi connectivity index (χ0) is 13.2. The Labute approximate surface area is 111 Å². The van der Waals surface area contributed by atoms with Crippen molar-refractivity contribution in [3.05, 3.63) is 27.2 Å². The number of carbonyl (C=O) groups excluding carboxylic acids is 1. The topological polar surface area (TPSA) is 26.3 Å². The van der Waals surface area contributed by atoms with Gasteiger partial charge >= 0.3 is 0 Å². The lowest BCUT2D eigenvalue weighted by Crippen LogP contribution is -2.09. The Hall–Kier alpha value is -0.830. The van der Waals surface area contributed by atoms with E-state index < -0.39 is 0 Å². The van der Waals surface area contributed by atoms with Gasteiger partial charge in [-0.15, -0.1) is 0 Å². The number of methoxy groups -OCH3 is 1. The van der Waals surface area contributed by atoms with E-state index in [1.54, 1.807) is 7.11 Å². The van der Waals surface area contributed by atoms with E-state index in [1.165, 1.54) is 0 Å². The lowest BCUT2D eigenvalue weighted by Gasteiger charge is -2.15. The molecule has 1 aromatic carbocycles. The molecule has 0 amide bonds. The molecule has 1 rings (SSSR count). The molecule has 0 saturated carbocycles. The van der Waals surface area contributed by atoms with Crippen molar-refractivity contribution in [3.8, 4) is 5.75 Å². The molecule has 0 atom stereocenters. The first-order valence-corrected chi connectivity index (χ1v) is 6.54. The first kappa shape index (κ1) is 14.2. The molecule has 3 heteroatoms. The molecule has 17 heavy (non-hydrogen) atoms. The molecule has 0 unspecified atom stereocenters. The smallest absolute Gasteiger partial charge is 0.167 e. The molecule has 0 radical (unpaired) electrons. The van der Waals surface area contributed by atoms with Crippen LogP contribution in [-0.4, -0.2) is 12.9 Å². The summed E-state index contributed by atoms with van der Waals surface area (Å²) >= 11 is 3.49. The predicted molar refractivity (Wildman–Crippen MR) is 74.0 cm³/mol. The Kier molecular flexibility index (Phi) is 4.75. The molecule has 0 N–H and O–H groups in total. The fraction of sp³-hybridized carbons (Fsp3) is 0.500. The van der Waals surface area contributed by atoms with Gasteiger partial charge in [0.05, 0.1) is 12.7 Å². The summed E-state index contributed by atoms with van der Waals surface area (Å²) < 4.78 is 6.33. The van der Waals surface area contributed by atoms with Crippen molar-refractivity contribution >= 4 is 21.7 Å². The third-order valence-electron chi connectivity index (χ3n) is 2.74. The number of ketones is 1. The number of benzene rings is 1. The summed E-state index contributed by atoms with van der Waals surface area (Å²) in [6.07, 6.45) is 0.549. The molecule has 94 valence electrons. The van der Waals surface area contributed by atoms with E-state index in [9.17, 15) is 4.79 Å². The summed E-state index contributed by atoms with van der Waals surface area (Å²) in [7, 11) is 1.61.